The predicted octanol–water partition coefficient (Wildman–Crippen LogP) is 1.79. The van der Waals surface area contributed by atoms with Gasteiger partial charge in [0.2, 0.25) is 0 Å². The van der Waals surface area contributed by atoms with Crippen molar-refractivity contribution in [1.82, 2.24) is 4.98 Å². The second-order valence-electron chi connectivity index (χ2n) is 3.20. The monoisotopic (exact) mass is 245 g/mol. The van der Waals surface area contributed by atoms with Gasteiger partial charge in [-0.25, -0.2) is 0 Å². The Balaban J connectivity index is 2.93. The van der Waals surface area contributed by atoms with Gasteiger partial charge in [-0.1, -0.05) is 0 Å². The summed E-state index contributed by atoms with van der Waals surface area (Å²) in [5.74, 6) is 0.362. The SMILES string of the molecule is N#Cc1c(-c2ccco2)c(C=N)c(S)[nH]c1=O. The number of rotatable bonds is 2. The highest BCUT2D eigenvalue weighted by atomic mass is 32.1. The molecule has 2 heterocycles. The number of hydrogen-bond donors (Lipinski definition) is 3. The molecule has 0 radical (unpaired) electrons. The summed E-state index contributed by atoms with van der Waals surface area (Å²) < 4.78 is 5.17. The van der Waals surface area contributed by atoms with Gasteiger partial charge in [-0.3, -0.25) is 4.79 Å². The van der Waals surface area contributed by atoms with Crippen molar-refractivity contribution >= 4 is 18.8 Å². The number of furan rings is 1. The number of hydrogen-bond acceptors (Lipinski definition) is 5. The van der Waals surface area contributed by atoms with Gasteiger partial charge < -0.3 is 14.8 Å². The molecule has 2 aromatic rings. The zero-order valence-electron chi connectivity index (χ0n) is 8.52. The van der Waals surface area contributed by atoms with E-state index in [2.05, 4.69) is 17.6 Å². The summed E-state index contributed by atoms with van der Waals surface area (Å²) in [4.78, 5) is 14.0. The van der Waals surface area contributed by atoms with Gasteiger partial charge in [0.25, 0.3) is 5.56 Å². The van der Waals surface area contributed by atoms with Crippen LogP contribution < -0.4 is 5.56 Å². The molecule has 0 atom stereocenters. The average molecular weight is 245 g/mol. The van der Waals surface area contributed by atoms with Crippen LogP contribution in [0.1, 0.15) is 11.1 Å². The van der Waals surface area contributed by atoms with Crippen LogP contribution in [0.15, 0.2) is 32.6 Å². The molecular formula is C11H7N3O2S. The molecule has 5 nitrogen and oxygen atoms in total. The number of aromatic nitrogens is 1. The molecule has 84 valence electrons. The van der Waals surface area contributed by atoms with Crippen molar-refractivity contribution in [2.75, 3.05) is 0 Å². The molecule has 2 N–H and O–H groups in total. The quantitative estimate of drug-likeness (QED) is 0.556. The molecular weight excluding hydrogens is 238 g/mol. The highest BCUT2D eigenvalue weighted by Gasteiger charge is 2.18. The number of aromatic amines is 1. The van der Waals surface area contributed by atoms with Crippen molar-refractivity contribution in [3.63, 3.8) is 0 Å². The Morgan fingerprint density at radius 2 is 2.35 bits per heavy atom. The molecule has 17 heavy (non-hydrogen) atoms. The number of nitrogens with zero attached hydrogens (tertiary/aromatic N) is 1. The number of thiol groups is 1. The van der Waals surface area contributed by atoms with Gasteiger partial charge in [-0.15, -0.1) is 12.6 Å². The lowest BCUT2D eigenvalue weighted by Crippen LogP contribution is -2.14. The maximum atomic E-state index is 11.6. The Hall–Kier alpha value is -2.26. The fourth-order valence-electron chi connectivity index (χ4n) is 1.53. The molecule has 0 bridgehead atoms. The van der Waals surface area contributed by atoms with E-state index < -0.39 is 5.56 Å². The van der Waals surface area contributed by atoms with Crippen molar-refractivity contribution in [3.8, 4) is 17.4 Å². The third kappa shape index (κ3) is 1.77. The van der Waals surface area contributed by atoms with E-state index in [4.69, 9.17) is 15.1 Å². The number of pyridine rings is 1. The summed E-state index contributed by atoms with van der Waals surface area (Å²) >= 11 is 4.08. The fourth-order valence-corrected chi connectivity index (χ4v) is 1.81. The largest absolute Gasteiger partial charge is 0.464 e. The maximum Gasteiger partial charge on any atom is 0.267 e. The molecule has 0 spiro atoms. The molecule has 0 amide bonds. The standard InChI is InChI=1S/C11H7N3O2S/c12-4-6-9(8-2-1-3-16-8)7(5-13)11(17)14-10(6)15/h1-3,5,13H,(H2,14,15,17). The topological polar surface area (TPSA) is 93.6 Å². The first-order valence-corrected chi connectivity index (χ1v) is 5.07. The lowest BCUT2D eigenvalue weighted by molar-refractivity contribution is 0.581. The Bertz CT molecular complexity index is 665. The average Bonchev–Trinajstić information content (AvgIpc) is 2.81. The molecule has 0 saturated heterocycles. The number of nitriles is 1. The van der Waals surface area contributed by atoms with Crippen LogP contribution in [0.3, 0.4) is 0 Å². The first kappa shape index (κ1) is 11.2. The van der Waals surface area contributed by atoms with Crippen LogP contribution in [0.2, 0.25) is 0 Å². The highest BCUT2D eigenvalue weighted by Crippen LogP contribution is 2.27. The summed E-state index contributed by atoms with van der Waals surface area (Å²) in [7, 11) is 0. The number of H-pyrrole nitrogens is 1. The van der Waals surface area contributed by atoms with E-state index in [0.717, 1.165) is 6.21 Å². The first-order valence-electron chi connectivity index (χ1n) is 4.62. The van der Waals surface area contributed by atoms with Gasteiger partial charge in [0.15, 0.2) is 0 Å². The van der Waals surface area contributed by atoms with Gasteiger partial charge in [0, 0.05) is 11.8 Å². The van der Waals surface area contributed by atoms with Crippen molar-refractivity contribution < 1.29 is 4.42 Å². The zero-order chi connectivity index (χ0) is 12.4. The van der Waals surface area contributed by atoms with E-state index in [1.807, 2.05) is 6.07 Å². The van der Waals surface area contributed by atoms with E-state index in [1.165, 1.54) is 6.26 Å². The lowest BCUT2D eigenvalue weighted by atomic mass is 10.0. The van der Waals surface area contributed by atoms with E-state index in [9.17, 15) is 4.79 Å². The van der Waals surface area contributed by atoms with Crippen LogP contribution in [0, 0.1) is 16.7 Å². The fraction of sp³-hybridized carbons (Fsp3) is 0. The summed E-state index contributed by atoms with van der Waals surface area (Å²) in [6, 6.07) is 5.08. The molecule has 0 aliphatic carbocycles. The van der Waals surface area contributed by atoms with E-state index >= 15 is 0 Å². The van der Waals surface area contributed by atoms with Gasteiger partial charge in [-0.2, -0.15) is 5.26 Å². The Morgan fingerprint density at radius 3 is 2.88 bits per heavy atom. The molecule has 0 unspecified atom stereocenters. The van der Waals surface area contributed by atoms with Crippen LogP contribution in [-0.2, 0) is 0 Å². The Kier molecular flexibility index (Phi) is 2.85. The van der Waals surface area contributed by atoms with Crippen molar-refractivity contribution in [1.29, 1.82) is 10.7 Å². The molecule has 0 aliphatic rings. The van der Waals surface area contributed by atoms with Crippen LogP contribution in [0.4, 0.5) is 0 Å². The second-order valence-corrected chi connectivity index (χ2v) is 3.65. The van der Waals surface area contributed by atoms with Crippen molar-refractivity contribution in [3.05, 3.63) is 39.9 Å². The van der Waals surface area contributed by atoms with E-state index in [0.29, 0.717) is 16.9 Å². The molecule has 6 heteroatoms. The Labute approximate surface area is 102 Å². The van der Waals surface area contributed by atoms with Gasteiger partial charge in [0.1, 0.15) is 17.4 Å². The normalized spacial score (nSPS) is 9.88. The third-order valence-electron chi connectivity index (χ3n) is 2.26. The van der Waals surface area contributed by atoms with Crippen LogP contribution >= 0.6 is 12.6 Å². The summed E-state index contributed by atoms with van der Waals surface area (Å²) in [6.45, 7) is 0. The zero-order valence-corrected chi connectivity index (χ0v) is 9.41. The summed E-state index contributed by atoms with van der Waals surface area (Å²) in [5.41, 5.74) is 0.00596. The van der Waals surface area contributed by atoms with Gasteiger partial charge in [0.05, 0.1) is 16.9 Å². The van der Waals surface area contributed by atoms with Crippen molar-refractivity contribution in [2.24, 2.45) is 0 Å². The van der Waals surface area contributed by atoms with Crippen LogP contribution in [0.5, 0.6) is 0 Å². The number of nitrogens with one attached hydrogen (secondary N) is 2. The summed E-state index contributed by atoms with van der Waals surface area (Å²) in [6.07, 6.45) is 2.46. The minimum absolute atomic E-state index is 0.0868. The van der Waals surface area contributed by atoms with Gasteiger partial charge in [-0.05, 0) is 12.1 Å². The molecule has 0 aromatic carbocycles. The smallest absolute Gasteiger partial charge is 0.267 e. The predicted molar refractivity (Wildman–Crippen MR) is 64.6 cm³/mol. The second kappa shape index (κ2) is 4.31. The molecule has 2 aromatic heterocycles. The minimum Gasteiger partial charge on any atom is -0.464 e. The highest BCUT2D eigenvalue weighted by molar-refractivity contribution is 7.80. The lowest BCUT2D eigenvalue weighted by Gasteiger charge is -2.06. The third-order valence-corrected chi connectivity index (χ3v) is 2.61. The van der Waals surface area contributed by atoms with Crippen LogP contribution in [-0.4, -0.2) is 11.2 Å². The maximum absolute atomic E-state index is 11.6. The van der Waals surface area contributed by atoms with E-state index in [1.54, 1.807) is 12.1 Å². The van der Waals surface area contributed by atoms with E-state index in [-0.39, 0.29) is 10.6 Å². The Morgan fingerprint density at radius 1 is 1.59 bits per heavy atom. The molecule has 2 rings (SSSR count). The molecule has 0 saturated carbocycles. The van der Waals surface area contributed by atoms with Gasteiger partial charge >= 0.3 is 0 Å². The van der Waals surface area contributed by atoms with Crippen LogP contribution in [0.25, 0.3) is 11.3 Å². The molecule has 0 fully saturated rings. The molecule has 0 aliphatic heterocycles. The summed E-state index contributed by atoms with van der Waals surface area (Å²) in [5, 5.41) is 16.6. The minimum atomic E-state index is -0.547. The first-order chi connectivity index (χ1) is 8.19. The van der Waals surface area contributed by atoms with Crippen molar-refractivity contribution in [2.45, 2.75) is 5.03 Å².